The molecule has 194 valence electrons. The van der Waals surface area contributed by atoms with Crippen molar-refractivity contribution in [2.45, 2.75) is 63.5 Å². The van der Waals surface area contributed by atoms with Gasteiger partial charge in [0.1, 0.15) is 11.6 Å². The average Bonchev–Trinajstić information content (AvgIpc) is 3.20. The molecule has 1 atom stereocenters. The van der Waals surface area contributed by atoms with Crippen LogP contribution in [-0.2, 0) is 0 Å². The summed E-state index contributed by atoms with van der Waals surface area (Å²) >= 11 is 0. The van der Waals surface area contributed by atoms with Crippen molar-refractivity contribution >= 4 is 23.5 Å². The van der Waals surface area contributed by atoms with Crippen LogP contribution in [0.25, 0.3) is 0 Å². The van der Waals surface area contributed by atoms with Crippen LogP contribution in [0.4, 0.5) is 26.6 Å². The van der Waals surface area contributed by atoms with Gasteiger partial charge in [0.05, 0.1) is 5.69 Å². The van der Waals surface area contributed by atoms with Crippen LogP contribution in [0, 0.1) is 5.82 Å². The fraction of sp³-hybridized carbons (Fsp3) is 0.593. The molecule has 2 aromatic rings. The number of anilines is 3. The van der Waals surface area contributed by atoms with Crippen molar-refractivity contribution in [1.29, 1.82) is 0 Å². The van der Waals surface area contributed by atoms with Crippen LogP contribution >= 0.6 is 0 Å². The lowest BCUT2D eigenvalue weighted by molar-refractivity contribution is 0.0996. The largest absolute Gasteiger partial charge is 0.356 e. The van der Waals surface area contributed by atoms with Crippen LogP contribution < -0.4 is 15.5 Å². The van der Waals surface area contributed by atoms with Gasteiger partial charge >= 0.3 is 6.03 Å². The number of hydrogen-bond acceptors (Lipinski definition) is 6. The maximum absolute atomic E-state index is 13.9. The van der Waals surface area contributed by atoms with Crippen molar-refractivity contribution in [3.8, 4) is 0 Å². The molecule has 0 spiro atoms. The highest BCUT2D eigenvalue weighted by atomic mass is 19.1. The Morgan fingerprint density at radius 1 is 0.917 bits per heavy atom. The van der Waals surface area contributed by atoms with Crippen LogP contribution in [-0.4, -0.2) is 77.2 Å². The summed E-state index contributed by atoms with van der Waals surface area (Å²) < 4.78 is 13.9. The Labute approximate surface area is 213 Å². The number of amides is 2. The Balaban J connectivity index is 1.11. The van der Waals surface area contributed by atoms with E-state index in [-0.39, 0.29) is 11.7 Å². The van der Waals surface area contributed by atoms with Crippen molar-refractivity contribution < 1.29 is 9.18 Å². The molecule has 1 unspecified atom stereocenters. The predicted octanol–water partition coefficient (Wildman–Crippen LogP) is 4.57. The number of carbonyl (C=O) groups excluding carboxylic acids is 1. The van der Waals surface area contributed by atoms with Gasteiger partial charge in [-0.25, -0.2) is 14.2 Å². The zero-order valence-electron chi connectivity index (χ0n) is 21.0. The van der Waals surface area contributed by atoms with Gasteiger partial charge in [0.25, 0.3) is 0 Å². The molecule has 3 saturated heterocycles. The van der Waals surface area contributed by atoms with Gasteiger partial charge in [-0.2, -0.15) is 4.98 Å². The number of piperidine rings is 2. The number of carbonyl (C=O) groups is 1. The second-order valence-corrected chi connectivity index (χ2v) is 10.2. The molecular weight excluding hydrogens is 457 g/mol. The number of benzene rings is 1. The molecule has 5 rings (SSSR count). The number of urea groups is 1. The summed E-state index contributed by atoms with van der Waals surface area (Å²) in [6.07, 6.45) is 11.0. The van der Waals surface area contributed by atoms with E-state index in [2.05, 4.69) is 25.4 Å². The maximum Gasteiger partial charge on any atom is 0.321 e. The molecule has 0 radical (unpaired) electrons. The molecule has 0 aliphatic carbocycles. The Bertz CT molecular complexity index is 1010. The highest BCUT2D eigenvalue weighted by molar-refractivity contribution is 5.89. The summed E-state index contributed by atoms with van der Waals surface area (Å²) in [7, 11) is 0. The molecule has 3 aliphatic heterocycles. The predicted molar refractivity (Wildman–Crippen MR) is 141 cm³/mol. The number of nitrogens with one attached hydrogen (secondary N) is 2. The van der Waals surface area contributed by atoms with Gasteiger partial charge in [-0.05, 0) is 63.3 Å². The van der Waals surface area contributed by atoms with Crippen molar-refractivity contribution in [2.24, 2.45) is 0 Å². The number of nitrogens with zero attached hydrogens (tertiary/aromatic N) is 5. The van der Waals surface area contributed by atoms with E-state index in [1.54, 1.807) is 23.1 Å². The van der Waals surface area contributed by atoms with Crippen LogP contribution in [0.5, 0.6) is 0 Å². The number of hydrogen-bond donors (Lipinski definition) is 2. The van der Waals surface area contributed by atoms with E-state index in [0.717, 1.165) is 63.6 Å². The van der Waals surface area contributed by atoms with E-state index in [4.69, 9.17) is 4.98 Å². The third-order valence-corrected chi connectivity index (χ3v) is 7.74. The fourth-order valence-corrected chi connectivity index (χ4v) is 5.72. The van der Waals surface area contributed by atoms with Crippen molar-refractivity contribution in [1.82, 2.24) is 19.8 Å². The summed E-state index contributed by atoms with van der Waals surface area (Å²) in [5.41, 5.74) is 0.233. The number of halogens is 1. The van der Waals surface area contributed by atoms with Crippen LogP contribution in [0.3, 0.4) is 0 Å². The first kappa shape index (κ1) is 24.7. The van der Waals surface area contributed by atoms with E-state index >= 15 is 0 Å². The molecule has 0 saturated carbocycles. The number of likely N-dealkylation sites (tertiary alicyclic amines) is 2. The lowest BCUT2D eigenvalue weighted by Crippen LogP contribution is -2.52. The Kier molecular flexibility index (Phi) is 8.15. The molecule has 36 heavy (non-hydrogen) atoms. The van der Waals surface area contributed by atoms with Crippen molar-refractivity contribution in [3.63, 3.8) is 0 Å². The molecule has 3 aliphatic rings. The van der Waals surface area contributed by atoms with Gasteiger partial charge < -0.3 is 20.4 Å². The van der Waals surface area contributed by atoms with Crippen LogP contribution in [0.15, 0.2) is 36.5 Å². The third kappa shape index (κ3) is 6.24. The first-order chi connectivity index (χ1) is 17.7. The van der Waals surface area contributed by atoms with Gasteiger partial charge in [0, 0.05) is 51.0 Å². The minimum atomic E-state index is -0.409. The Hall–Kier alpha value is -2.94. The maximum atomic E-state index is 13.9. The van der Waals surface area contributed by atoms with E-state index in [0.29, 0.717) is 25.2 Å². The SMILES string of the molecule is O=C(Nc1ccccc1F)N1CCC(N2CCCC(Nc3nccc(N4CCCCCC4)n3)C2)CC1. The van der Waals surface area contributed by atoms with Gasteiger partial charge in [-0.3, -0.25) is 4.90 Å². The Morgan fingerprint density at radius 3 is 2.47 bits per heavy atom. The summed E-state index contributed by atoms with van der Waals surface area (Å²) in [5.74, 6) is 1.35. The summed E-state index contributed by atoms with van der Waals surface area (Å²) in [6.45, 7) is 5.55. The first-order valence-corrected chi connectivity index (χ1v) is 13.5. The van der Waals surface area contributed by atoms with Crippen LogP contribution in [0.2, 0.25) is 0 Å². The summed E-state index contributed by atoms with van der Waals surface area (Å²) in [6, 6.07) is 8.88. The molecule has 1 aromatic carbocycles. The number of para-hydroxylation sites is 1. The van der Waals surface area contributed by atoms with E-state index in [1.165, 1.54) is 31.7 Å². The number of rotatable bonds is 5. The van der Waals surface area contributed by atoms with E-state index in [1.807, 2.05) is 12.3 Å². The van der Waals surface area contributed by atoms with E-state index < -0.39 is 5.82 Å². The fourth-order valence-electron chi connectivity index (χ4n) is 5.72. The molecule has 4 heterocycles. The quantitative estimate of drug-likeness (QED) is 0.633. The topological polar surface area (TPSA) is 76.6 Å². The van der Waals surface area contributed by atoms with Gasteiger partial charge in [-0.15, -0.1) is 0 Å². The van der Waals surface area contributed by atoms with Crippen LogP contribution in [0.1, 0.15) is 51.4 Å². The molecular formula is C27H38FN7O. The highest BCUT2D eigenvalue weighted by Crippen LogP contribution is 2.24. The third-order valence-electron chi connectivity index (χ3n) is 7.74. The van der Waals surface area contributed by atoms with E-state index in [9.17, 15) is 9.18 Å². The highest BCUT2D eigenvalue weighted by Gasteiger charge is 2.30. The molecule has 0 bridgehead atoms. The average molecular weight is 496 g/mol. The summed E-state index contributed by atoms with van der Waals surface area (Å²) in [5, 5.41) is 6.32. The zero-order valence-corrected chi connectivity index (χ0v) is 21.0. The van der Waals surface area contributed by atoms with Gasteiger partial charge in [0.2, 0.25) is 5.95 Å². The lowest BCUT2D eigenvalue weighted by Gasteiger charge is -2.42. The summed E-state index contributed by atoms with van der Waals surface area (Å²) in [4.78, 5) is 28.7. The lowest BCUT2D eigenvalue weighted by atomic mass is 9.98. The normalized spacial score (nSPS) is 22.2. The molecule has 8 nitrogen and oxygen atoms in total. The first-order valence-electron chi connectivity index (χ1n) is 13.5. The van der Waals surface area contributed by atoms with Gasteiger partial charge in [0.15, 0.2) is 0 Å². The Morgan fingerprint density at radius 2 is 1.69 bits per heavy atom. The zero-order chi connectivity index (χ0) is 24.7. The van der Waals surface area contributed by atoms with Crippen molar-refractivity contribution in [3.05, 3.63) is 42.3 Å². The monoisotopic (exact) mass is 495 g/mol. The molecule has 2 amide bonds. The second-order valence-electron chi connectivity index (χ2n) is 10.2. The second kappa shape index (κ2) is 11.9. The minimum absolute atomic E-state index is 0.224. The molecule has 1 aromatic heterocycles. The number of aromatic nitrogens is 2. The van der Waals surface area contributed by atoms with Gasteiger partial charge in [-0.1, -0.05) is 25.0 Å². The molecule has 9 heteroatoms. The molecule has 3 fully saturated rings. The van der Waals surface area contributed by atoms with Crippen molar-refractivity contribution in [2.75, 3.05) is 54.8 Å². The minimum Gasteiger partial charge on any atom is -0.356 e. The standard InChI is InChI=1S/C27H38FN7O/c28-23-9-3-4-10-24(23)31-27(36)34-18-12-22(13-19-34)35-17-7-8-21(20-35)30-26-29-14-11-25(32-26)33-15-5-1-2-6-16-33/h3-4,9-11,14,21-22H,1-2,5-8,12-13,15-20H2,(H,31,36)(H,29,30,32). The molecule has 2 N–H and O–H groups in total. The smallest absolute Gasteiger partial charge is 0.321 e.